The van der Waals surface area contributed by atoms with Crippen LogP contribution >= 0.6 is 0 Å². The minimum absolute atomic E-state index is 0.158. The van der Waals surface area contributed by atoms with Gasteiger partial charge in [0.2, 0.25) is 5.91 Å². The quantitative estimate of drug-likeness (QED) is 0.592. The third-order valence-electron chi connectivity index (χ3n) is 5.01. The lowest BCUT2D eigenvalue weighted by Gasteiger charge is -2.30. The average Bonchev–Trinajstić information content (AvgIpc) is 3.04. The van der Waals surface area contributed by atoms with Gasteiger partial charge in [0.25, 0.3) is 0 Å². The summed E-state index contributed by atoms with van der Waals surface area (Å²) in [7, 11) is 0. The van der Waals surface area contributed by atoms with Gasteiger partial charge >= 0.3 is 0 Å². The van der Waals surface area contributed by atoms with Crippen molar-refractivity contribution >= 4 is 5.91 Å². The summed E-state index contributed by atoms with van der Waals surface area (Å²) >= 11 is 0. The summed E-state index contributed by atoms with van der Waals surface area (Å²) in [6.45, 7) is 13.8. The van der Waals surface area contributed by atoms with Crippen molar-refractivity contribution in [2.24, 2.45) is 17.3 Å². The van der Waals surface area contributed by atoms with Gasteiger partial charge in [0, 0.05) is 18.5 Å². The van der Waals surface area contributed by atoms with Crippen LogP contribution in [0.4, 0.5) is 0 Å². The smallest absolute Gasteiger partial charge is 0.225 e. The molecular formula is C18H33NO. The lowest BCUT2D eigenvalue weighted by Crippen LogP contribution is -2.41. The fourth-order valence-corrected chi connectivity index (χ4v) is 2.93. The summed E-state index contributed by atoms with van der Waals surface area (Å²) < 4.78 is 0. The van der Waals surface area contributed by atoms with Gasteiger partial charge in [-0.15, -0.1) is 0 Å². The predicted octanol–water partition coefficient (Wildman–Crippen LogP) is 4.65. The van der Waals surface area contributed by atoms with Crippen molar-refractivity contribution in [3.63, 3.8) is 0 Å². The van der Waals surface area contributed by atoms with Gasteiger partial charge in [-0.25, -0.2) is 0 Å². The van der Waals surface area contributed by atoms with E-state index in [0.717, 1.165) is 13.0 Å². The highest BCUT2D eigenvalue weighted by Gasteiger charge is 2.50. The maximum Gasteiger partial charge on any atom is 0.225 e. The van der Waals surface area contributed by atoms with Gasteiger partial charge < -0.3 is 4.90 Å². The summed E-state index contributed by atoms with van der Waals surface area (Å²) in [4.78, 5) is 14.6. The molecule has 1 saturated carbocycles. The molecule has 116 valence electrons. The Bertz CT molecular complexity index is 347. The average molecular weight is 279 g/mol. The zero-order valence-corrected chi connectivity index (χ0v) is 14.3. The summed E-state index contributed by atoms with van der Waals surface area (Å²) in [6.07, 6.45) is 9.03. The van der Waals surface area contributed by atoms with Crippen molar-refractivity contribution in [2.75, 3.05) is 6.54 Å². The molecule has 0 radical (unpaired) electrons. The molecule has 0 aromatic carbocycles. The number of carbonyl (C=O) groups excluding carboxylic acids is 1. The molecule has 2 nitrogen and oxygen atoms in total. The van der Waals surface area contributed by atoms with Crippen LogP contribution in [0.3, 0.4) is 0 Å². The molecule has 20 heavy (non-hydrogen) atoms. The number of allylic oxidation sites excluding steroid dienone is 2. The van der Waals surface area contributed by atoms with Crippen molar-refractivity contribution in [1.82, 2.24) is 4.90 Å². The van der Waals surface area contributed by atoms with E-state index in [2.05, 4.69) is 58.6 Å². The van der Waals surface area contributed by atoms with Crippen molar-refractivity contribution < 1.29 is 4.79 Å². The zero-order chi connectivity index (χ0) is 15.3. The lowest BCUT2D eigenvalue weighted by atomic mass is 9.98. The summed E-state index contributed by atoms with van der Waals surface area (Å²) in [5.41, 5.74) is 0.461. The monoisotopic (exact) mass is 279 g/mol. The molecule has 0 aromatic rings. The third kappa shape index (κ3) is 4.36. The minimum atomic E-state index is 0.158. The van der Waals surface area contributed by atoms with Gasteiger partial charge in [-0.2, -0.15) is 0 Å². The van der Waals surface area contributed by atoms with Gasteiger partial charge in [-0.05, 0) is 57.8 Å². The Balaban J connectivity index is 2.55. The van der Waals surface area contributed by atoms with E-state index in [-0.39, 0.29) is 5.92 Å². The molecule has 0 N–H and O–H groups in total. The normalized spacial score (nSPS) is 27.1. The molecule has 0 aliphatic heterocycles. The molecule has 0 aromatic heterocycles. The number of hydrogen-bond donors (Lipinski definition) is 0. The highest BCUT2D eigenvalue weighted by atomic mass is 16.2. The summed E-state index contributed by atoms with van der Waals surface area (Å²) in [5.74, 6) is 1.19. The molecule has 1 aliphatic carbocycles. The molecule has 3 atom stereocenters. The Labute approximate surface area is 125 Å². The van der Waals surface area contributed by atoms with Crippen LogP contribution in [0.25, 0.3) is 0 Å². The van der Waals surface area contributed by atoms with Crippen molar-refractivity contribution in [3.8, 4) is 0 Å². The van der Waals surface area contributed by atoms with E-state index in [4.69, 9.17) is 0 Å². The fourth-order valence-electron chi connectivity index (χ4n) is 2.93. The number of amides is 1. The van der Waals surface area contributed by atoms with Gasteiger partial charge in [0.05, 0.1) is 0 Å². The fraction of sp³-hybridized carbons (Fsp3) is 0.833. The second-order valence-electron chi connectivity index (χ2n) is 7.06. The standard InChI is InChI=1S/C18H33NO/c1-7-9-10-11-18(6)12-16(18)13-19(14(3)4)17(20)15(5)8-2/h7,9,14-16H,8,10-13H2,1-6H3/b9-7+. The van der Waals surface area contributed by atoms with E-state index < -0.39 is 0 Å². The Kier molecular flexibility index (Phi) is 6.29. The molecule has 1 aliphatic rings. The number of rotatable bonds is 8. The van der Waals surface area contributed by atoms with Crippen LogP contribution < -0.4 is 0 Å². The first-order valence-electron chi connectivity index (χ1n) is 8.27. The van der Waals surface area contributed by atoms with Crippen molar-refractivity contribution in [2.45, 2.75) is 73.3 Å². The highest BCUT2D eigenvalue weighted by Crippen LogP contribution is 2.56. The number of hydrogen-bond acceptors (Lipinski definition) is 1. The van der Waals surface area contributed by atoms with E-state index in [9.17, 15) is 4.79 Å². The summed E-state index contributed by atoms with van der Waals surface area (Å²) in [6, 6.07) is 0.317. The van der Waals surface area contributed by atoms with E-state index >= 15 is 0 Å². The van der Waals surface area contributed by atoms with Crippen LogP contribution in [0, 0.1) is 17.3 Å². The van der Waals surface area contributed by atoms with Crippen LogP contribution in [0.5, 0.6) is 0 Å². The van der Waals surface area contributed by atoms with Gasteiger partial charge in [0.1, 0.15) is 0 Å². The predicted molar refractivity (Wildman–Crippen MR) is 86.6 cm³/mol. The molecule has 0 heterocycles. The number of nitrogens with zero attached hydrogens (tertiary/aromatic N) is 1. The number of carbonyl (C=O) groups is 1. The summed E-state index contributed by atoms with van der Waals surface area (Å²) in [5, 5.41) is 0. The zero-order valence-electron chi connectivity index (χ0n) is 14.3. The van der Waals surface area contributed by atoms with Gasteiger partial charge in [-0.3, -0.25) is 4.79 Å². The topological polar surface area (TPSA) is 20.3 Å². The first-order valence-corrected chi connectivity index (χ1v) is 8.27. The van der Waals surface area contributed by atoms with Crippen LogP contribution in [0.1, 0.15) is 67.2 Å². The molecule has 0 bridgehead atoms. The van der Waals surface area contributed by atoms with E-state index in [0.29, 0.717) is 23.3 Å². The Morgan fingerprint density at radius 2 is 2.05 bits per heavy atom. The van der Waals surface area contributed by atoms with E-state index in [1.807, 2.05) is 0 Å². The Morgan fingerprint density at radius 3 is 2.55 bits per heavy atom. The molecule has 1 rings (SSSR count). The molecule has 1 fully saturated rings. The maximum absolute atomic E-state index is 12.5. The molecular weight excluding hydrogens is 246 g/mol. The van der Waals surface area contributed by atoms with Crippen LogP contribution in [0.15, 0.2) is 12.2 Å². The largest absolute Gasteiger partial charge is 0.340 e. The highest BCUT2D eigenvalue weighted by molar-refractivity contribution is 5.78. The minimum Gasteiger partial charge on any atom is -0.340 e. The van der Waals surface area contributed by atoms with Gasteiger partial charge in [-0.1, -0.05) is 32.9 Å². The molecule has 0 spiro atoms. The first-order chi connectivity index (χ1) is 9.35. The van der Waals surface area contributed by atoms with Crippen LogP contribution in [-0.4, -0.2) is 23.4 Å². The SMILES string of the molecule is C/C=C/CCC1(C)CC1CN(C(=O)C(C)CC)C(C)C. The Morgan fingerprint density at radius 1 is 1.40 bits per heavy atom. The Hall–Kier alpha value is -0.790. The molecule has 3 unspecified atom stereocenters. The third-order valence-corrected chi connectivity index (χ3v) is 5.01. The van der Waals surface area contributed by atoms with Crippen LogP contribution in [0.2, 0.25) is 0 Å². The second kappa shape index (κ2) is 7.28. The van der Waals surface area contributed by atoms with Crippen molar-refractivity contribution in [3.05, 3.63) is 12.2 Å². The van der Waals surface area contributed by atoms with E-state index in [1.165, 1.54) is 19.3 Å². The molecule has 1 amide bonds. The second-order valence-corrected chi connectivity index (χ2v) is 7.06. The van der Waals surface area contributed by atoms with Crippen molar-refractivity contribution in [1.29, 1.82) is 0 Å². The van der Waals surface area contributed by atoms with E-state index in [1.54, 1.807) is 0 Å². The van der Waals surface area contributed by atoms with Crippen LogP contribution in [-0.2, 0) is 4.79 Å². The maximum atomic E-state index is 12.5. The lowest BCUT2D eigenvalue weighted by molar-refractivity contribution is -0.137. The molecule has 0 saturated heterocycles. The van der Waals surface area contributed by atoms with Gasteiger partial charge in [0.15, 0.2) is 0 Å². The molecule has 2 heteroatoms. The first kappa shape index (κ1) is 17.3.